The molecule has 0 aliphatic carbocycles. The molecule has 1 amide bonds. The fraction of sp³-hybridized carbons (Fsp3) is 0.591. The Hall–Kier alpha value is -2.24. The Kier molecular flexibility index (Phi) is 7.57. The van der Waals surface area contributed by atoms with Gasteiger partial charge in [0.05, 0.1) is 5.92 Å². The van der Waals surface area contributed by atoms with E-state index in [1.807, 2.05) is 4.90 Å². The number of unbranched alkanes of at least 4 members (excludes halogenated alkanes) is 5. The molecule has 2 heterocycles. The zero-order valence-electron chi connectivity index (χ0n) is 16.7. The highest BCUT2D eigenvalue weighted by atomic mass is 19.1. The van der Waals surface area contributed by atoms with Crippen molar-refractivity contribution in [3.63, 3.8) is 0 Å². The topological polar surface area (TPSA) is 59.2 Å². The number of amides is 1. The molecular formula is C22H30FN3O2. The van der Waals surface area contributed by atoms with E-state index in [0.29, 0.717) is 30.2 Å². The van der Waals surface area contributed by atoms with Gasteiger partial charge >= 0.3 is 0 Å². The van der Waals surface area contributed by atoms with Crippen LogP contribution in [0.2, 0.25) is 0 Å². The van der Waals surface area contributed by atoms with Crippen molar-refractivity contribution < 1.29 is 13.7 Å². The SMILES string of the molecule is CCCCCCCCC(=O)N1CCCC(c2nc(-c3cccc(F)c3)no2)C1. The van der Waals surface area contributed by atoms with E-state index in [1.165, 1.54) is 37.8 Å². The first kappa shape index (κ1) is 20.5. The molecule has 0 bridgehead atoms. The molecule has 28 heavy (non-hydrogen) atoms. The lowest BCUT2D eigenvalue weighted by atomic mass is 9.97. The average Bonchev–Trinajstić information content (AvgIpc) is 3.21. The van der Waals surface area contributed by atoms with Crippen LogP contribution in [-0.4, -0.2) is 34.0 Å². The van der Waals surface area contributed by atoms with E-state index in [2.05, 4.69) is 17.1 Å². The number of carbonyl (C=O) groups is 1. The number of benzene rings is 1. The monoisotopic (exact) mass is 387 g/mol. The van der Waals surface area contributed by atoms with Crippen molar-refractivity contribution in [3.8, 4) is 11.4 Å². The summed E-state index contributed by atoms with van der Waals surface area (Å²) in [6, 6.07) is 6.17. The van der Waals surface area contributed by atoms with E-state index in [0.717, 1.165) is 32.2 Å². The lowest BCUT2D eigenvalue weighted by Crippen LogP contribution is -2.39. The van der Waals surface area contributed by atoms with Gasteiger partial charge < -0.3 is 9.42 Å². The molecule has 2 aromatic rings. The number of nitrogens with zero attached hydrogens (tertiary/aromatic N) is 3. The zero-order valence-corrected chi connectivity index (χ0v) is 16.7. The van der Waals surface area contributed by atoms with Crippen molar-refractivity contribution in [3.05, 3.63) is 36.0 Å². The maximum absolute atomic E-state index is 13.4. The fourth-order valence-corrected chi connectivity index (χ4v) is 3.77. The Bertz CT molecular complexity index is 762. The molecule has 152 valence electrons. The minimum Gasteiger partial charge on any atom is -0.342 e. The van der Waals surface area contributed by atoms with Gasteiger partial charge in [-0.15, -0.1) is 0 Å². The summed E-state index contributed by atoms with van der Waals surface area (Å²) < 4.78 is 18.9. The van der Waals surface area contributed by atoms with Crippen molar-refractivity contribution in [2.45, 2.75) is 70.6 Å². The minimum atomic E-state index is -0.326. The Morgan fingerprint density at radius 3 is 2.89 bits per heavy atom. The number of hydrogen-bond acceptors (Lipinski definition) is 4. The van der Waals surface area contributed by atoms with Crippen molar-refractivity contribution in [2.75, 3.05) is 13.1 Å². The Morgan fingerprint density at radius 1 is 1.25 bits per heavy atom. The van der Waals surface area contributed by atoms with Crippen LogP contribution in [0.5, 0.6) is 0 Å². The molecule has 1 aromatic carbocycles. The number of hydrogen-bond donors (Lipinski definition) is 0. The summed E-state index contributed by atoms with van der Waals surface area (Å²) in [5, 5.41) is 4.00. The normalized spacial score (nSPS) is 17.1. The van der Waals surface area contributed by atoms with Gasteiger partial charge in [-0.25, -0.2) is 4.39 Å². The van der Waals surface area contributed by atoms with Crippen LogP contribution >= 0.6 is 0 Å². The molecule has 0 spiro atoms. The summed E-state index contributed by atoms with van der Waals surface area (Å²) in [5.41, 5.74) is 0.599. The van der Waals surface area contributed by atoms with Crippen molar-refractivity contribution >= 4 is 5.91 Å². The van der Waals surface area contributed by atoms with Gasteiger partial charge in [0.15, 0.2) is 0 Å². The summed E-state index contributed by atoms with van der Waals surface area (Å²) in [4.78, 5) is 18.9. The summed E-state index contributed by atoms with van der Waals surface area (Å²) in [6.07, 6.45) is 9.58. The van der Waals surface area contributed by atoms with Crippen LogP contribution in [0.4, 0.5) is 4.39 Å². The molecular weight excluding hydrogens is 357 g/mol. The molecule has 1 atom stereocenters. The van der Waals surface area contributed by atoms with E-state index in [9.17, 15) is 9.18 Å². The van der Waals surface area contributed by atoms with Gasteiger partial charge in [-0.2, -0.15) is 4.98 Å². The summed E-state index contributed by atoms with van der Waals surface area (Å²) in [6.45, 7) is 3.64. The van der Waals surface area contributed by atoms with Crippen LogP contribution in [0.1, 0.15) is 76.5 Å². The zero-order chi connectivity index (χ0) is 19.8. The van der Waals surface area contributed by atoms with Crippen LogP contribution in [-0.2, 0) is 4.79 Å². The number of rotatable bonds is 9. The summed E-state index contributed by atoms with van der Waals surface area (Å²) >= 11 is 0. The minimum absolute atomic E-state index is 0.0528. The van der Waals surface area contributed by atoms with Gasteiger partial charge in [-0.1, -0.05) is 56.3 Å². The molecule has 1 aliphatic heterocycles. The average molecular weight is 387 g/mol. The van der Waals surface area contributed by atoms with Gasteiger partial charge in [0, 0.05) is 25.1 Å². The lowest BCUT2D eigenvalue weighted by molar-refractivity contribution is -0.132. The number of likely N-dealkylation sites (tertiary alicyclic amines) is 1. The molecule has 1 unspecified atom stereocenters. The second-order valence-corrected chi connectivity index (χ2v) is 7.66. The molecule has 1 aliphatic rings. The molecule has 3 rings (SSSR count). The molecule has 1 aromatic heterocycles. The Balaban J connectivity index is 1.51. The molecule has 1 fully saturated rings. The standard InChI is InChI=1S/C22H30FN3O2/c1-2-3-4-5-6-7-13-20(27)26-14-9-11-18(16-26)22-24-21(25-28-22)17-10-8-12-19(23)15-17/h8,10,12,15,18H,2-7,9,11,13-14,16H2,1H3. The van der Waals surface area contributed by atoms with Crippen LogP contribution in [0, 0.1) is 5.82 Å². The van der Waals surface area contributed by atoms with Crippen LogP contribution in [0.3, 0.4) is 0 Å². The van der Waals surface area contributed by atoms with E-state index < -0.39 is 0 Å². The quantitative estimate of drug-likeness (QED) is 0.546. The highest BCUT2D eigenvalue weighted by Gasteiger charge is 2.28. The predicted molar refractivity (Wildman–Crippen MR) is 106 cm³/mol. The van der Waals surface area contributed by atoms with Gasteiger partial charge in [-0.05, 0) is 31.4 Å². The van der Waals surface area contributed by atoms with Crippen molar-refractivity contribution in [2.24, 2.45) is 0 Å². The second kappa shape index (κ2) is 10.3. The van der Waals surface area contributed by atoms with Gasteiger partial charge in [0.25, 0.3) is 0 Å². The molecule has 0 saturated carbocycles. The van der Waals surface area contributed by atoms with Crippen molar-refractivity contribution in [1.82, 2.24) is 15.0 Å². The Labute approximate surface area is 166 Å². The van der Waals surface area contributed by atoms with E-state index in [-0.39, 0.29) is 17.6 Å². The van der Waals surface area contributed by atoms with Crippen LogP contribution in [0.25, 0.3) is 11.4 Å². The summed E-state index contributed by atoms with van der Waals surface area (Å²) in [7, 11) is 0. The predicted octanol–water partition coefficient (Wildman–Crippen LogP) is 5.33. The maximum atomic E-state index is 13.4. The fourth-order valence-electron chi connectivity index (χ4n) is 3.77. The third-order valence-corrected chi connectivity index (χ3v) is 5.39. The number of carbonyl (C=O) groups excluding carboxylic acids is 1. The third kappa shape index (κ3) is 5.63. The smallest absolute Gasteiger partial charge is 0.231 e. The van der Waals surface area contributed by atoms with Crippen LogP contribution in [0.15, 0.2) is 28.8 Å². The highest BCUT2D eigenvalue weighted by Crippen LogP contribution is 2.28. The lowest BCUT2D eigenvalue weighted by Gasteiger charge is -2.31. The van der Waals surface area contributed by atoms with E-state index >= 15 is 0 Å². The first-order valence-corrected chi connectivity index (χ1v) is 10.5. The van der Waals surface area contributed by atoms with Crippen molar-refractivity contribution in [1.29, 1.82) is 0 Å². The first-order chi connectivity index (χ1) is 13.7. The first-order valence-electron chi connectivity index (χ1n) is 10.5. The molecule has 6 heteroatoms. The molecule has 0 N–H and O–H groups in total. The maximum Gasteiger partial charge on any atom is 0.231 e. The number of piperidine rings is 1. The second-order valence-electron chi connectivity index (χ2n) is 7.66. The van der Waals surface area contributed by atoms with E-state index in [1.54, 1.807) is 12.1 Å². The molecule has 0 radical (unpaired) electrons. The van der Waals surface area contributed by atoms with Gasteiger partial charge in [0.2, 0.25) is 17.6 Å². The number of aromatic nitrogens is 2. The molecule has 5 nitrogen and oxygen atoms in total. The van der Waals surface area contributed by atoms with Gasteiger partial charge in [0.1, 0.15) is 5.82 Å². The highest BCUT2D eigenvalue weighted by molar-refractivity contribution is 5.76. The van der Waals surface area contributed by atoms with Gasteiger partial charge in [-0.3, -0.25) is 4.79 Å². The number of halogens is 1. The van der Waals surface area contributed by atoms with Crippen LogP contribution < -0.4 is 0 Å². The summed E-state index contributed by atoms with van der Waals surface area (Å²) in [5.74, 6) is 0.886. The largest absolute Gasteiger partial charge is 0.342 e. The molecule has 1 saturated heterocycles. The Morgan fingerprint density at radius 2 is 2.07 bits per heavy atom. The third-order valence-electron chi connectivity index (χ3n) is 5.39. The van der Waals surface area contributed by atoms with E-state index in [4.69, 9.17) is 4.52 Å².